The van der Waals surface area contributed by atoms with Gasteiger partial charge >= 0.3 is 0 Å². The Morgan fingerprint density at radius 1 is 1.53 bits per heavy atom. The molecule has 0 bridgehead atoms. The summed E-state index contributed by atoms with van der Waals surface area (Å²) in [4.78, 5) is 2.75. The average Bonchev–Trinajstić information content (AvgIpc) is 2.71. The molecule has 0 spiro atoms. The van der Waals surface area contributed by atoms with Gasteiger partial charge in [0.25, 0.3) is 10.0 Å². The highest BCUT2D eigenvalue weighted by Crippen LogP contribution is 2.17. The van der Waals surface area contributed by atoms with E-state index in [4.69, 9.17) is 0 Å². The Kier molecular flexibility index (Phi) is 2.81. The molecule has 2 rings (SSSR count). The van der Waals surface area contributed by atoms with E-state index in [0.29, 0.717) is 19.6 Å². The summed E-state index contributed by atoms with van der Waals surface area (Å²) in [6.07, 6.45) is 1.62. The summed E-state index contributed by atoms with van der Waals surface area (Å²) in [5.74, 6) is 0. The molecule has 1 fully saturated rings. The van der Waals surface area contributed by atoms with Gasteiger partial charge in [0.1, 0.15) is 5.03 Å². The van der Waals surface area contributed by atoms with Crippen LogP contribution in [0.5, 0.6) is 0 Å². The van der Waals surface area contributed by atoms with Crippen LogP contribution in [0.25, 0.3) is 0 Å². The highest BCUT2D eigenvalue weighted by Gasteiger charge is 2.31. The highest BCUT2D eigenvalue weighted by atomic mass is 32.2. The maximum atomic E-state index is 12.1. The first kappa shape index (κ1) is 10.7. The molecule has 15 heavy (non-hydrogen) atoms. The minimum Gasteiger partial charge on any atom is -0.351 e. The number of aromatic amines is 1. The highest BCUT2D eigenvalue weighted by molar-refractivity contribution is 7.89. The summed E-state index contributed by atoms with van der Waals surface area (Å²) in [7, 11) is -3.33. The van der Waals surface area contributed by atoms with Crippen molar-refractivity contribution in [3.63, 3.8) is 0 Å². The molecule has 0 aromatic carbocycles. The van der Waals surface area contributed by atoms with Crippen LogP contribution < -0.4 is 5.32 Å². The van der Waals surface area contributed by atoms with Crippen LogP contribution in [-0.4, -0.2) is 43.4 Å². The van der Waals surface area contributed by atoms with Crippen LogP contribution >= 0.6 is 0 Å². The third-order valence-electron chi connectivity index (χ3n) is 2.60. The molecule has 0 radical (unpaired) electrons. The Balaban J connectivity index is 2.29. The van der Waals surface area contributed by atoms with Gasteiger partial charge in [-0.25, -0.2) is 8.42 Å². The van der Waals surface area contributed by atoms with E-state index >= 15 is 0 Å². The van der Waals surface area contributed by atoms with Gasteiger partial charge in [0.05, 0.1) is 0 Å². The van der Waals surface area contributed by atoms with Crippen LogP contribution in [0.3, 0.4) is 0 Å². The fraction of sp³-hybridized carbons (Fsp3) is 0.556. The molecule has 1 atom stereocenters. The number of piperazine rings is 1. The van der Waals surface area contributed by atoms with Crippen LogP contribution in [0.1, 0.15) is 6.92 Å². The second-order valence-corrected chi connectivity index (χ2v) is 5.56. The topological polar surface area (TPSA) is 65.2 Å². The van der Waals surface area contributed by atoms with Crippen molar-refractivity contribution in [1.82, 2.24) is 14.6 Å². The maximum absolute atomic E-state index is 12.1. The maximum Gasteiger partial charge on any atom is 0.258 e. The SMILES string of the molecule is CC1CNCCN1S(=O)(=O)c1ccc[nH]1. The molecule has 5 nitrogen and oxygen atoms in total. The van der Waals surface area contributed by atoms with E-state index in [1.54, 1.807) is 18.3 Å². The molecule has 2 heterocycles. The summed E-state index contributed by atoms with van der Waals surface area (Å²) in [5, 5.41) is 3.44. The van der Waals surface area contributed by atoms with Crippen molar-refractivity contribution in [2.24, 2.45) is 0 Å². The molecule has 1 aromatic heterocycles. The Hall–Kier alpha value is -0.850. The van der Waals surface area contributed by atoms with Crippen molar-refractivity contribution in [2.75, 3.05) is 19.6 Å². The molecule has 0 aliphatic carbocycles. The smallest absolute Gasteiger partial charge is 0.258 e. The fourth-order valence-electron chi connectivity index (χ4n) is 1.78. The summed E-state index contributed by atoms with van der Waals surface area (Å²) >= 11 is 0. The lowest BCUT2D eigenvalue weighted by Gasteiger charge is -2.32. The molecule has 1 aromatic rings. The van der Waals surface area contributed by atoms with Gasteiger partial charge in [0.2, 0.25) is 0 Å². The van der Waals surface area contributed by atoms with E-state index in [1.807, 2.05) is 6.92 Å². The molecule has 1 aliphatic rings. The molecular formula is C9H15N3O2S. The van der Waals surface area contributed by atoms with Crippen LogP contribution in [0.15, 0.2) is 23.4 Å². The van der Waals surface area contributed by atoms with Gasteiger partial charge in [-0.1, -0.05) is 0 Å². The van der Waals surface area contributed by atoms with Crippen LogP contribution in [0, 0.1) is 0 Å². The van der Waals surface area contributed by atoms with Crippen molar-refractivity contribution in [2.45, 2.75) is 18.0 Å². The number of nitrogens with one attached hydrogen (secondary N) is 2. The molecule has 2 N–H and O–H groups in total. The lowest BCUT2D eigenvalue weighted by molar-refractivity contribution is 0.283. The quantitative estimate of drug-likeness (QED) is 0.750. The van der Waals surface area contributed by atoms with E-state index in [0.717, 1.165) is 0 Å². The average molecular weight is 229 g/mol. The summed E-state index contributed by atoms with van der Waals surface area (Å²) < 4.78 is 25.8. The number of hydrogen-bond acceptors (Lipinski definition) is 3. The summed E-state index contributed by atoms with van der Waals surface area (Å²) in [6, 6.07) is 3.29. The van der Waals surface area contributed by atoms with Crippen molar-refractivity contribution < 1.29 is 8.42 Å². The number of sulfonamides is 1. The molecule has 0 saturated carbocycles. The van der Waals surface area contributed by atoms with Crippen LogP contribution in [-0.2, 0) is 10.0 Å². The zero-order valence-corrected chi connectivity index (χ0v) is 9.42. The van der Waals surface area contributed by atoms with Crippen molar-refractivity contribution in [1.29, 1.82) is 0 Å². The minimum atomic E-state index is -3.33. The first-order valence-electron chi connectivity index (χ1n) is 4.98. The zero-order chi connectivity index (χ0) is 10.9. The van der Waals surface area contributed by atoms with E-state index in [-0.39, 0.29) is 11.1 Å². The lowest BCUT2D eigenvalue weighted by atomic mass is 10.3. The molecule has 0 amide bonds. The normalized spacial score (nSPS) is 24.2. The van der Waals surface area contributed by atoms with Crippen molar-refractivity contribution in [3.05, 3.63) is 18.3 Å². The molecule has 6 heteroatoms. The van der Waals surface area contributed by atoms with Gasteiger partial charge in [0.15, 0.2) is 0 Å². The largest absolute Gasteiger partial charge is 0.351 e. The second-order valence-electron chi connectivity index (χ2n) is 3.70. The van der Waals surface area contributed by atoms with Crippen molar-refractivity contribution in [3.8, 4) is 0 Å². The Morgan fingerprint density at radius 2 is 2.33 bits per heavy atom. The van der Waals surface area contributed by atoms with Gasteiger partial charge in [0, 0.05) is 31.9 Å². The predicted octanol–water partition coefficient (Wildman–Crippen LogP) is -0.00290. The fourth-order valence-corrected chi connectivity index (χ4v) is 3.38. The lowest BCUT2D eigenvalue weighted by Crippen LogP contribution is -2.52. The third kappa shape index (κ3) is 1.92. The van der Waals surface area contributed by atoms with E-state index in [2.05, 4.69) is 10.3 Å². The van der Waals surface area contributed by atoms with Gasteiger partial charge < -0.3 is 10.3 Å². The predicted molar refractivity (Wildman–Crippen MR) is 57.0 cm³/mol. The van der Waals surface area contributed by atoms with Crippen LogP contribution in [0.2, 0.25) is 0 Å². The first-order chi connectivity index (χ1) is 7.12. The molecule has 1 aliphatic heterocycles. The molecule has 1 unspecified atom stereocenters. The summed E-state index contributed by atoms with van der Waals surface area (Å²) in [5.41, 5.74) is 0. The first-order valence-corrected chi connectivity index (χ1v) is 6.42. The standard InChI is InChI=1S/C9H15N3O2S/c1-8-7-10-5-6-12(8)15(13,14)9-3-2-4-11-9/h2-4,8,10-11H,5-7H2,1H3. The second kappa shape index (κ2) is 3.96. The number of H-pyrrole nitrogens is 1. The van der Waals surface area contributed by atoms with Gasteiger partial charge in [-0.3, -0.25) is 0 Å². The van der Waals surface area contributed by atoms with Crippen molar-refractivity contribution >= 4 is 10.0 Å². The summed E-state index contributed by atoms with van der Waals surface area (Å²) in [6.45, 7) is 3.86. The zero-order valence-electron chi connectivity index (χ0n) is 8.60. The van der Waals surface area contributed by atoms with E-state index in [1.165, 1.54) is 4.31 Å². The van der Waals surface area contributed by atoms with Gasteiger partial charge in [-0.15, -0.1) is 0 Å². The Morgan fingerprint density at radius 3 is 2.93 bits per heavy atom. The third-order valence-corrected chi connectivity index (χ3v) is 4.57. The molecule has 84 valence electrons. The molecule has 1 saturated heterocycles. The van der Waals surface area contributed by atoms with Gasteiger partial charge in [-0.05, 0) is 19.1 Å². The number of aromatic nitrogens is 1. The monoisotopic (exact) mass is 229 g/mol. The van der Waals surface area contributed by atoms with Gasteiger partial charge in [-0.2, -0.15) is 4.31 Å². The van der Waals surface area contributed by atoms with E-state index in [9.17, 15) is 8.42 Å². The van der Waals surface area contributed by atoms with Crippen LogP contribution in [0.4, 0.5) is 0 Å². The van der Waals surface area contributed by atoms with E-state index < -0.39 is 10.0 Å². The minimum absolute atomic E-state index is 0.00653. The number of rotatable bonds is 2. The Labute approximate surface area is 89.5 Å². The molecular weight excluding hydrogens is 214 g/mol. The number of hydrogen-bond donors (Lipinski definition) is 2. The number of nitrogens with zero attached hydrogens (tertiary/aromatic N) is 1. The Bertz CT molecular complexity index is 413.